The number of anilines is 1. The first-order valence-electron chi connectivity index (χ1n) is 6.38. The lowest BCUT2D eigenvalue weighted by Gasteiger charge is -2.27. The van der Waals surface area contributed by atoms with E-state index in [1.807, 2.05) is 13.8 Å². The fourth-order valence-electron chi connectivity index (χ4n) is 1.42. The number of methoxy groups -OCH3 is 1. The molecule has 0 aliphatic carbocycles. The van der Waals surface area contributed by atoms with Crippen LogP contribution in [0.2, 0.25) is 0 Å². The molecule has 0 bridgehead atoms. The molecule has 0 saturated carbocycles. The minimum Gasteiger partial charge on any atom is -0.465 e. The quantitative estimate of drug-likeness (QED) is 0.465. The standard InChI is InChI=1S/C13H19N3O5/c1-8(2)13(3,18)7-15-11-10(16(19)20)5-9(6-14-11)12(17)21-4/h5-6,8,18H,7H2,1-4H3,(H,14,15). The third-order valence-electron chi connectivity index (χ3n) is 3.34. The zero-order chi connectivity index (χ0) is 16.2. The van der Waals surface area contributed by atoms with Crippen LogP contribution in [0.1, 0.15) is 31.1 Å². The van der Waals surface area contributed by atoms with Crippen LogP contribution in [0.5, 0.6) is 0 Å². The highest BCUT2D eigenvalue weighted by molar-refractivity contribution is 5.90. The van der Waals surface area contributed by atoms with Crippen LogP contribution in [0.4, 0.5) is 11.5 Å². The summed E-state index contributed by atoms with van der Waals surface area (Å²) in [6.45, 7) is 5.39. The summed E-state index contributed by atoms with van der Waals surface area (Å²) in [5.74, 6) is -0.752. The molecule has 0 aromatic carbocycles. The van der Waals surface area contributed by atoms with Gasteiger partial charge in [-0.3, -0.25) is 10.1 Å². The van der Waals surface area contributed by atoms with Crippen molar-refractivity contribution in [2.45, 2.75) is 26.4 Å². The molecule has 1 unspecified atom stereocenters. The number of hydrogen-bond donors (Lipinski definition) is 2. The molecule has 1 aromatic rings. The second kappa shape index (κ2) is 6.49. The number of nitrogens with one attached hydrogen (secondary N) is 1. The van der Waals surface area contributed by atoms with Crippen LogP contribution < -0.4 is 5.32 Å². The summed E-state index contributed by atoms with van der Waals surface area (Å²) in [5, 5.41) is 23.9. The molecular weight excluding hydrogens is 278 g/mol. The number of carbonyl (C=O) groups excluding carboxylic acids is 1. The third-order valence-corrected chi connectivity index (χ3v) is 3.34. The molecule has 116 valence electrons. The average Bonchev–Trinajstić information content (AvgIpc) is 2.43. The number of hydrogen-bond acceptors (Lipinski definition) is 7. The Kier molecular flexibility index (Phi) is 5.20. The van der Waals surface area contributed by atoms with Crippen LogP contribution in [0, 0.1) is 16.0 Å². The van der Waals surface area contributed by atoms with Gasteiger partial charge >= 0.3 is 11.7 Å². The minimum absolute atomic E-state index is 0.00595. The van der Waals surface area contributed by atoms with Crippen LogP contribution in [0.25, 0.3) is 0 Å². The number of pyridine rings is 1. The van der Waals surface area contributed by atoms with E-state index in [-0.39, 0.29) is 29.5 Å². The summed E-state index contributed by atoms with van der Waals surface area (Å²) in [7, 11) is 1.18. The third kappa shape index (κ3) is 4.12. The predicted molar refractivity (Wildman–Crippen MR) is 76.2 cm³/mol. The number of carbonyl (C=O) groups is 1. The number of nitrogens with zero attached hydrogens (tertiary/aromatic N) is 2. The maximum absolute atomic E-state index is 11.4. The van der Waals surface area contributed by atoms with Crippen molar-refractivity contribution in [2.75, 3.05) is 19.0 Å². The van der Waals surface area contributed by atoms with Gasteiger partial charge in [0.25, 0.3) is 0 Å². The average molecular weight is 297 g/mol. The van der Waals surface area contributed by atoms with Crippen molar-refractivity contribution >= 4 is 17.5 Å². The molecule has 21 heavy (non-hydrogen) atoms. The van der Waals surface area contributed by atoms with Crippen molar-refractivity contribution in [1.29, 1.82) is 0 Å². The first-order chi connectivity index (χ1) is 9.69. The lowest BCUT2D eigenvalue weighted by Crippen LogP contribution is -2.39. The van der Waals surface area contributed by atoms with E-state index in [2.05, 4.69) is 15.0 Å². The highest BCUT2D eigenvalue weighted by Gasteiger charge is 2.27. The summed E-state index contributed by atoms with van der Waals surface area (Å²) < 4.78 is 4.49. The Morgan fingerprint density at radius 2 is 2.24 bits per heavy atom. The van der Waals surface area contributed by atoms with Gasteiger partial charge in [0.2, 0.25) is 5.82 Å². The summed E-state index contributed by atoms with van der Waals surface area (Å²) in [6, 6.07) is 1.09. The molecule has 0 fully saturated rings. The van der Waals surface area contributed by atoms with Gasteiger partial charge in [-0.15, -0.1) is 0 Å². The lowest BCUT2D eigenvalue weighted by atomic mass is 9.92. The first-order valence-corrected chi connectivity index (χ1v) is 6.38. The van der Waals surface area contributed by atoms with Gasteiger partial charge in [0.1, 0.15) is 0 Å². The van der Waals surface area contributed by atoms with Crippen molar-refractivity contribution in [3.8, 4) is 0 Å². The molecule has 1 aromatic heterocycles. The molecule has 0 aliphatic rings. The van der Waals surface area contributed by atoms with Gasteiger partial charge in [-0.1, -0.05) is 13.8 Å². The monoisotopic (exact) mass is 297 g/mol. The smallest absolute Gasteiger partial charge is 0.339 e. The van der Waals surface area contributed by atoms with E-state index in [1.54, 1.807) is 6.92 Å². The number of esters is 1. The molecule has 1 atom stereocenters. The SMILES string of the molecule is COC(=O)c1cnc(NCC(C)(O)C(C)C)c([N+](=O)[O-])c1. The van der Waals surface area contributed by atoms with Crippen molar-refractivity contribution in [3.63, 3.8) is 0 Å². The summed E-state index contributed by atoms with van der Waals surface area (Å²) in [6.07, 6.45) is 1.19. The molecule has 8 nitrogen and oxygen atoms in total. The minimum atomic E-state index is -1.05. The van der Waals surface area contributed by atoms with Crippen LogP contribution in [-0.2, 0) is 4.74 Å². The highest BCUT2D eigenvalue weighted by atomic mass is 16.6. The molecule has 8 heteroatoms. The molecule has 0 aliphatic heterocycles. The summed E-state index contributed by atoms with van der Waals surface area (Å²) in [4.78, 5) is 25.6. The van der Waals surface area contributed by atoms with Crippen molar-refractivity contribution in [1.82, 2.24) is 4.98 Å². The first kappa shape index (κ1) is 16.8. The fourth-order valence-corrected chi connectivity index (χ4v) is 1.42. The van der Waals surface area contributed by atoms with Crippen LogP contribution >= 0.6 is 0 Å². The second-order valence-corrected chi connectivity index (χ2v) is 5.21. The largest absolute Gasteiger partial charge is 0.465 e. The van der Waals surface area contributed by atoms with Gasteiger partial charge in [-0.2, -0.15) is 0 Å². The van der Waals surface area contributed by atoms with Crippen LogP contribution in [0.15, 0.2) is 12.3 Å². The van der Waals surface area contributed by atoms with Crippen molar-refractivity contribution in [3.05, 3.63) is 27.9 Å². The molecule has 1 rings (SSSR count). The van der Waals surface area contributed by atoms with E-state index in [1.165, 1.54) is 13.3 Å². The Morgan fingerprint density at radius 1 is 1.62 bits per heavy atom. The molecule has 2 N–H and O–H groups in total. The molecule has 0 saturated heterocycles. The maximum Gasteiger partial charge on any atom is 0.339 e. The summed E-state index contributed by atoms with van der Waals surface area (Å²) >= 11 is 0. The Hall–Kier alpha value is -2.22. The molecule has 0 amide bonds. The van der Waals surface area contributed by atoms with Crippen molar-refractivity contribution in [2.24, 2.45) is 5.92 Å². The van der Waals surface area contributed by atoms with E-state index in [4.69, 9.17) is 0 Å². The molecular formula is C13H19N3O5. The Balaban J connectivity index is 3.03. The Bertz CT molecular complexity index is 543. The van der Waals surface area contributed by atoms with Gasteiger partial charge in [-0.05, 0) is 12.8 Å². The molecule has 1 heterocycles. The highest BCUT2D eigenvalue weighted by Crippen LogP contribution is 2.25. The number of aliphatic hydroxyl groups is 1. The topological polar surface area (TPSA) is 115 Å². The van der Waals surface area contributed by atoms with E-state index >= 15 is 0 Å². The van der Waals surface area contributed by atoms with E-state index in [9.17, 15) is 20.0 Å². The van der Waals surface area contributed by atoms with E-state index < -0.39 is 16.5 Å². The molecule has 0 spiro atoms. The maximum atomic E-state index is 11.4. The van der Waals surface area contributed by atoms with E-state index in [0.717, 1.165) is 6.07 Å². The Morgan fingerprint density at radius 3 is 2.71 bits per heavy atom. The molecule has 0 radical (unpaired) electrons. The van der Waals surface area contributed by atoms with Gasteiger partial charge < -0.3 is 15.2 Å². The fraction of sp³-hybridized carbons (Fsp3) is 0.538. The number of rotatable bonds is 6. The predicted octanol–water partition coefficient (Wildman–Crippen LogP) is 1.60. The van der Waals surface area contributed by atoms with Gasteiger partial charge in [0.15, 0.2) is 0 Å². The lowest BCUT2D eigenvalue weighted by molar-refractivity contribution is -0.384. The van der Waals surface area contributed by atoms with Crippen LogP contribution in [-0.4, -0.2) is 40.2 Å². The van der Waals surface area contributed by atoms with Crippen LogP contribution in [0.3, 0.4) is 0 Å². The zero-order valence-corrected chi connectivity index (χ0v) is 12.4. The van der Waals surface area contributed by atoms with Gasteiger partial charge in [-0.25, -0.2) is 9.78 Å². The zero-order valence-electron chi connectivity index (χ0n) is 12.4. The van der Waals surface area contributed by atoms with Crippen molar-refractivity contribution < 1.29 is 19.6 Å². The second-order valence-electron chi connectivity index (χ2n) is 5.21. The number of nitro groups is 1. The van der Waals surface area contributed by atoms with Gasteiger partial charge in [0.05, 0.1) is 23.2 Å². The number of aromatic nitrogens is 1. The summed E-state index contributed by atoms with van der Waals surface area (Å²) in [5.41, 5.74) is -1.40. The van der Waals surface area contributed by atoms with E-state index in [0.29, 0.717) is 0 Å². The van der Waals surface area contributed by atoms with Gasteiger partial charge in [0, 0.05) is 18.8 Å². The number of ether oxygens (including phenoxy) is 1. The Labute approximate surface area is 122 Å². The normalized spacial score (nSPS) is 13.6.